The van der Waals surface area contributed by atoms with Crippen molar-refractivity contribution in [2.24, 2.45) is 0 Å². The Kier molecular flexibility index (Phi) is 10.3. The summed E-state index contributed by atoms with van der Waals surface area (Å²) in [7, 11) is -3.96. The Labute approximate surface area is 228 Å². The van der Waals surface area contributed by atoms with Gasteiger partial charge in [0.15, 0.2) is 0 Å². The van der Waals surface area contributed by atoms with Crippen LogP contribution in [-0.2, 0) is 32.6 Å². The Hall–Kier alpha value is -3.43. The van der Waals surface area contributed by atoms with E-state index in [2.05, 4.69) is 5.32 Å². The molecule has 1 N–H and O–H groups in total. The number of rotatable bonds is 12. The third-order valence-corrected chi connectivity index (χ3v) is 7.21. The number of hydrogen-bond donors (Lipinski definition) is 1. The van der Waals surface area contributed by atoms with E-state index >= 15 is 0 Å². The summed E-state index contributed by atoms with van der Waals surface area (Å²) in [6, 6.07) is 20.2. The monoisotopic (exact) mass is 559 g/mol. The van der Waals surface area contributed by atoms with Crippen LogP contribution in [-0.4, -0.2) is 50.5 Å². The first-order valence-corrected chi connectivity index (χ1v) is 14.4. The van der Waals surface area contributed by atoms with Crippen LogP contribution in [0.5, 0.6) is 0 Å². The van der Waals surface area contributed by atoms with Crippen LogP contribution in [0, 0.1) is 5.82 Å². The number of halogens is 2. The summed E-state index contributed by atoms with van der Waals surface area (Å²) >= 11 is 6.18. The average molecular weight is 560 g/mol. The van der Waals surface area contributed by atoms with Gasteiger partial charge in [-0.15, -0.1) is 0 Å². The van der Waals surface area contributed by atoms with Gasteiger partial charge >= 0.3 is 0 Å². The van der Waals surface area contributed by atoms with Gasteiger partial charge in [0.1, 0.15) is 18.4 Å². The second kappa shape index (κ2) is 13.4. The minimum absolute atomic E-state index is 0.0111. The molecule has 0 bridgehead atoms. The second-order valence-corrected chi connectivity index (χ2v) is 11.2. The van der Waals surface area contributed by atoms with E-state index in [4.69, 9.17) is 11.6 Å². The predicted molar refractivity (Wildman–Crippen MR) is 148 cm³/mol. The maximum atomic E-state index is 13.9. The lowest BCUT2D eigenvalue weighted by Gasteiger charge is -2.33. The van der Waals surface area contributed by atoms with Crippen LogP contribution in [0.25, 0.3) is 0 Å². The number of hydrogen-bond acceptors (Lipinski definition) is 4. The van der Waals surface area contributed by atoms with E-state index in [1.165, 1.54) is 23.1 Å². The standard InChI is InChI=1S/C28H31ClFN3O4S/c1-3-15-31-28(35)26(17-21-9-5-4-6-10-21)32(19-22-11-7-12-23(29)16-22)27(34)20-33(38(2,36)37)25-14-8-13-24(30)18-25/h4-14,16,18,26H,3,15,17,19-20H2,1-2H3,(H,31,35)/t26-/m0/s1. The van der Waals surface area contributed by atoms with Gasteiger partial charge in [-0.2, -0.15) is 0 Å². The van der Waals surface area contributed by atoms with Crippen molar-refractivity contribution < 1.29 is 22.4 Å². The molecule has 3 rings (SSSR count). The fourth-order valence-corrected chi connectivity index (χ4v) is 5.05. The molecule has 10 heteroatoms. The molecular formula is C28H31ClFN3O4S. The Bertz CT molecular complexity index is 1350. The van der Waals surface area contributed by atoms with Gasteiger partial charge in [0.25, 0.3) is 0 Å². The zero-order valence-electron chi connectivity index (χ0n) is 21.3. The number of amides is 2. The van der Waals surface area contributed by atoms with Crippen LogP contribution in [0.2, 0.25) is 5.02 Å². The lowest BCUT2D eigenvalue weighted by atomic mass is 10.0. The largest absolute Gasteiger partial charge is 0.354 e. The lowest BCUT2D eigenvalue weighted by molar-refractivity contribution is -0.140. The van der Waals surface area contributed by atoms with Crippen molar-refractivity contribution in [3.63, 3.8) is 0 Å². The highest BCUT2D eigenvalue weighted by molar-refractivity contribution is 7.92. The van der Waals surface area contributed by atoms with E-state index in [-0.39, 0.29) is 24.6 Å². The van der Waals surface area contributed by atoms with E-state index in [1.54, 1.807) is 24.3 Å². The molecule has 3 aromatic carbocycles. The zero-order chi connectivity index (χ0) is 27.7. The molecule has 0 fully saturated rings. The van der Waals surface area contributed by atoms with Gasteiger partial charge in [-0.1, -0.05) is 67.1 Å². The van der Waals surface area contributed by atoms with Crippen LogP contribution >= 0.6 is 11.6 Å². The van der Waals surface area contributed by atoms with Crippen LogP contribution in [0.15, 0.2) is 78.9 Å². The number of carbonyl (C=O) groups is 2. The minimum atomic E-state index is -3.96. The number of nitrogens with one attached hydrogen (secondary N) is 1. The van der Waals surface area contributed by atoms with Crippen molar-refractivity contribution in [3.8, 4) is 0 Å². The lowest BCUT2D eigenvalue weighted by Crippen LogP contribution is -2.53. The zero-order valence-corrected chi connectivity index (χ0v) is 22.9. The first kappa shape index (κ1) is 29.1. The summed E-state index contributed by atoms with van der Waals surface area (Å²) in [5.41, 5.74) is 1.51. The molecule has 0 saturated heterocycles. The third-order valence-electron chi connectivity index (χ3n) is 5.84. The van der Waals surface area contributed by atoms with E-state index in [1.807, 2.05) is 37.3 Å². The molecule has 0 aromatic heterocycles. The molecule has 1 atom stereocenters. The summed E-state index contributed by atoms with van der Waals surface area (Å²) in [6.45, 7) is 1.73. The van der Waals surface area contributed by atoms with Gasteiger partial charge in [0.05, 0.1) is 11.9 Å². The first-order chi connectivity index (χ1) is 18.1. The quantitative estimate of drug-likeness (QED) is 0.356. The van der Waals surface area contributed by atoms with Gasteiger partial charge in [0, 0.05) is 24.5 Å². The van der Waals surface area contributed by atoms with Crippen molar-refractivity contribution in [1.29, 1.82) is 0 Å². The predicted octanol–water partition coefficient (Wildman–Crippen LogP) is 4.41. The van der Waals surface area contributed by atoms with Gasteiger partial charge in [-0.3, -0.25) is 13.9 Å². The molecule has 202 valence electrons. The molecule has 2 amide bonds. The number of anilines is 1. The maximum absolute atomic E-state index is 13.9. The van der Waals surface area contributed by atoms with Gasteiger partial charge in [-0.05, 0) is 47.9 Å². The van der Waals surface area contributed by atoms with Gasteiger partial charge < -0.3 is 10.2 Å². The smallest absolute Gasteiger partial charge is 0.244 e. The second-order valence-electron chi connectivity index (χ2n) is 8.90. The molecule has 0 radical (unpaired) electrons. The van der Waals surface area contributed by atoms with E-state index in [0.717, 1.165) is 22.2 Å². The molecule has 0 aliphatic carbocycles. The van der Waals surface area contributed by atoms with E-state index in [0.29, 0.717) is 23.6 Å². The molecular weight excluding hydrogens is 529 g/mol. The van der Waals surface area contributed by atoms with Crippen molar-refractivity contribution in [2.75, 3.05) is 23.7 Å². The summed E-state index contributed by atoms with van der Waals surface area (Å²) in [6.07, 6.45) is 1.86. The molecule has 7 nitrogen and oxygen atoms in total. The van der Waals surface area contributed by atoms with Crippen LogP contribution in [0.1, 0.15) is 24.5 Å². The number of nitrogens with zero attached hydrogens (tertiary/aromatic N) is 2. The Balaban J connectivity index is 2.04. The fraction of sp³-hybridized carbons (Fsp3) is 0.286. The highest BCUT2D eigenvalue weighted by Gasteiger charge is 2.33. The number of carbonyl (C=O) groups excluding carboxylic acids is 2. The molecule has 38 heavy (non-hydrogen) atoms. The third kappa shape index (κ3) is 8.29. The fourth-order valence-electron chi connectivity index (χ4n) is 4.00. The van der Waals surface area contributed by atoms with Crippen molar-refractivity contribution in [1.82, 2.24) is 10.2 Å². The van der Waals surface area contributed by atoms with Crippen LogP contribution in [0.4, 0.5) is 10.1 Å². The van der Waals surface area contributed by atoms with E-state index < -0.39 is 34.3 Å². The average Bonchev–Trinajstić information content (AvgIpc) is 2.87. The van der Waals surface area contributed by atoms with Crippen LogP contribution < -0.4 is 9.62 Å². The van der Waals surface area contributed by atoms with E-state index in [9.17, 15) is 22.4 Å². The Morgan fingerprint density at radius 2 is 1.66 bits per heavy atom. The summed E-state index contributed by atoms with van der Waals surface area (Å²) in [5.74, 6) is -1.62. The summed E-state index contributed by atoms with van der Waals surface area (Å²) in [5, 5.41) is 3.33. The van der Waals surface area contributed by atoms with Crippen LogP contribution in [0.3, 0.4) is 0 Å². The van der Waals surface area contributed by atoms with Crippen molar-refractivity contribution in [3.05, 3.63) is 101 Å². The Morgan fingerprint density at radius 1 is 0.974 bits per heavy atom. The van der Waals surface area contributed by atoms with Gasteiger partial charge in [-0.25, -0.2) is 12.8 Å². The van der Waals surface area contributed by atoms with Crippen molar-refractivity contribution in [2.45, 2.75) is 32.4 Å². The molecule has 0 saturated carbocycles. The molecule has 0 aliphatic heterocycles. The minimum Gasteiger partial charge on any atom is -0.354 e. The number of benzene rings is 3. The topological polar surface area (TPSA) is 86.8 Å². The maximum Gasteiger partial charge on any atom is 0.244 e. The first-order valence-electron chi connectivity index (χ1n) is 12.2. The summed E-state index contributed by atoms with van der Waals surface area (Å²) in [4.78, 5) is 28.6. The highest BCUT2D eigenvalue weighted by Crippen LogP contribution is 2.22. The molecule has 3 aromatic rings. The molecule has 0 heterocycles. The summed E-state index contributed by atoms with van der Waals surface area (Å²) < 4.78 is 40.1. The normalized spacial score (nSPS) is 12.0. The van der Waals surface area contributed by atoms with Gasteiger partial charge in [0.2, 0.25) is 21.8 Å². The van der Waals surface area contributed by atoms with Crippen molar-refractivity contribution >= 4 is 39.1 Å². The highest BCUT2D eigenvalue weighted by atomic mass is 35.5. The SMILES string of the molecule is CCCNC(=O)[C@H](Cc1ccccc1)N(Cc1cccc(Cl)c1)C(=O)CN(c1cccc(F)c1)S(C)(=O)=O. The Morgan fingerprint density at radius 3 is 2.29 bits per heavy atom. The molecule has 0 aliphatic rings. The number of sulfonamides is 1. The molecule has 0 unspecified atom stereocenters. The molecule has 0 spiro atoms.